The first kappa shape index (κ1) is 17.5. The smallest absolute Gasteiger partial charge is 0.307 e. The molecular weight excluding hydrogens is 362 g/mol. The third-order valence-electron chi connectivity index (χ3n) is 3.60. The minimum absolute atomic E-state index is 0.110. The maximum absolute atomic E-state index is 12.1. The van der Waals surface area contributed by atoms with Crippen LogP contribution in [0.1, 0.15) is 16.8 Å². The highest BCUT2D eigenvalue weighted by molar-refractivity contribution is 8.01. The number of amides is 1. The summed E-state index contributed by atoms with van der Waals surface area (Å²) >= 11 is 7.25. The lowest BCUT2D eigenvalue weighted by Gasteiger charge is -2.23. The summed E-state index contributed by atoms with van der Waals surface area (Å²) in [5.41, 5.74) is 1.03. The van der Waals surface area contributed by atoms with Crippen LogP contribution in [0.5, 0.6) is 0 Å². The van der Waals surface area contributed by atoms with Gasteiger partial charge in [0.15, 0.2) is 6.61 Å². The average molecular weight is 376 g/mol. The van der Waals surface area contributed by atoms with Crippen molar-refractivity contribution in [1.29, 1.82) is 0 Å². The van der Waals surface area contributed by atoms with Crippen LogP contribution in [0.3, 0.4) is 0 Å². The van der Waals surface area contributed by atoms with Gasteiger partial charge in [0.2, 0.25) is 11.7 Å². The molecule has 0 saturated carbocycles. The molecule has 0 aliphatic carbocycles. The van der Waals surface area contributed by atoms with Crippen LogP contribution in [-0.4, -0.2) is 29.5 Å². The summed E-state index contributed by atoms with van der Waals surface area (Å²) in [5.74, 6) is -1.24. The molecule has 0 radical (unpaired) electrons. The second-order valence-electron chi connectivity index (χ2n) is 5.36. The molecule has 3 rings (SSSR count). The SMILES string of the molecule is O=C(C[C@@H]1Sc2ccccc2NC1=O)OCC(=O)c1ccccc1Cl. The number of hydrogen-bond acceptors (Lipinski definition) is 5. The fourth-order valence-corrected chi connectivity index (χ4v) is 3.68. The summed E-state index contributed by atoms with van der Waals surface area (Å²) in [4.78, 5) is 37.0. The van der Waals surface area contributed by atoms with Gasteiger partial charge in [-0.2, -0.15) is 0 Å². The number of para-hydroxylation sites is 1. The van der Waals surface area contributed by atoms with Gasteiger partial charge in [-0.15, -0.1) is 11.8 Å². The molecule has 1 amide bonds. The number of ether oxygens (including phenoxy) is 1. The van der Waals surface area contributed by atoms with Crippen molar-refractivity contribution >= 4 is 46.7 Å². The van der Waals surface area contributed by atoms with Crippen LogP contribution in [-0.2, 0) is 14.3 Å². The molecule has 2 aromatic rings. The van der Waals surface area contributed by atoms with Crippen molar-refractivity contribution in [3.05, 3.63) is 59.1 Å². The van der Waals surface area contributed by atoms with Crippen LogP contribution in [0.25, 0.3) is 0 Å². The van der Waals surface area contributed by atoms with Crippen molar-refractivity contribution in [2.75, 3.05) is 11.9 Å². The summed E-state index contributed by atoms with van der Waals surface area (Å²) in [7, 11) is 0. The van der Waals surface area contributed by atoms with Crippen LogP contribution in [0.15, 0.2) is 53.4 Å². The molecule has 0 aromatic heterocycles. The third-order valence-corrected chi connectivity index (χ3v) is 5.20. The van der Waals surface area contributed by atoms with E-state index in [1.807, 2.05) is 18.2 Å². The van der Waals surface area contributed by atoms with Gasteiger partial charge in [-0.25, -0.2) is 0 Å². The molecule has 128 valence electrons. The number of anilines is 1. The Kier molecular flexibility index (Phi) is 5.40. The molecule has 5 nitrogen and oxygen atoms in total. The third kappa shape index (κ3) is 4.21. The number of Topliss-reactive ketones (excluding diaryl/α,β-unsaturated/α-hetero) is 1. The number of fused-ring (bicyclic) bond motifs is 1. The molecule has 0 fully saturated rings. The van der Waals surface area contributed by atoms with Crippen molar-refractivity contribution in [3.63, 3.8) is 0 Å². The molecule has 7 heteroatoms. The van der Waals surface area contributed by atoms with Gasteiger partial charge in [-0.05, 0) is 24.3 Å². The Balaban J connectivity index is 1.56. The van der Waals surface area contributed by atoms with Crippen LogP contribution in [0.2, 0.25) is 5.02 Å². The molecule has 2 aromatic carbocycles. The standard InChI is InChI=1S/C18H14ClNO4S/c19-12-6-2-1-5-11(12)14(21)10-24-17(22)9-16-18(23)20-13-7-3-4-8-15(13)25-16/h1-8,16H,9-10H2,(H,20,23)/t16-/m0/s1. The van der Waals surface area contributed by atoms with E-state index in [0.29, 0.717) is 10.6 Å². The second kappa shape index (κ2) is 7.72. The van der Waals surface area contributed by atoms with Crippen molar-refractivity contribution in [3.8, 4) is 0 Å². The Bertz CT molecular complexity index is 839. The fourth-order valence-electron chi connectivity index (χ4n) is 2.35. The second-order valence-corrected chi connectivity index (χ2v) is 7.01. The fraction of sp³-hybridized carbons (Fsp3) is 0.167. The van der Waals surface area contributed by atoms with Gasteiger partial charge in [0.1, 0.15) is 0 Å². The zero-order chi connectivity index (χ0) is 17.8. The lowest BCUT2D eigenvalue weighted by Crippen LogP contribution is -2.31. The number of carbonyl (C=O) groups excluding carboxylic acids is 3. The normalized spacial score (nSPS) is 15.9. The quantitative estimate of drug-likeness (QED) is 0.639. The van der Waals surface area contributed by atoms with Gasteiger partial charge in [-0.3, -0.25) is 14.4 Å². The molecule has 0 bridgehead atoms. The number of hydrogen-bond donors (Lipinski definition) is 1. The highest BCUT2D eigenvalue weighted by Crippen LogP contribution is 2.36. The number of nitrogens with one attached hydrogen (secondary N) is 1. The summed E-state index contributed by atoms with van der Waals surface area (Å²) in [6, 6.07) is 13.9. The Morgan fingerprint density at radius 2 is 1.84 bits per heavy atom. The summed E-state index contributed by atoms with van der Waals surface area (Å²) < 4.78 is 5.01. The zero-order valence-corrected chi connectivity index (χ0v) is 14.6. The Morgan fingerprint density at radius 1 is 1.12 bits per heavy atom. The number of benzene rings is 2. The molecule has 0 saturated heterocycles. The van der Waals surface area contributed by atoms with Crippen LogP contribution >= 0.6 is 23.4 Å². The van der Waals surface area contributed by atoms with Gasteiger partial charge in [-0.1, -0.05) is 35.9 Å². The lowest BCUT2D eigenvalue weighted by molar-refractivity contribution is -0.143. The predicted octanol–water partition coefficient (Wildman–Crippen LogP) is 3.57. The number of carbonyl (C=O) groups is 3. The number of ketones is 1. The van der Waals surface area contributed by atoms with Gasteiger partial charge in [0, 0.05) is 10.5 Å². The van der Waals surface area contributed by atoms with E-state index >= 15 is 0 Å². The Morgan fingerprint density at radius 3 is 2.64 bits per heavy atom. The molecule has 1 aliphatic rings. The van der Waals surface area contributed by atoms with Crippen molar-refractivity contribution < 1.29 is 19.1 Å². The molecule has 1 heterocycles. The molecule has 1 atom stereocenters. The van der Waals surface area contributed by atoms with Crippen LogP contribution in [0, 0.1) is 0 Å². The van der Waals surface area contributed by atoms with Gasteiger partial charge < -0.3 is 10.1 Å². The van der Waals surface area contributed by atoms with E-state index in [2.05, 4.69) is 5.32 Å². The lowest BCUT2D eigenvalue weighted by atomic mass is 10.1. The van der Waals surface area contributed by atoms with E-state index < -0.39 is 17.8 Å². The summed E-state index contributed by atoms with van der Waals surface area (Å²) in [6.45, 7) is -0.405. The van der Waals surface area contributed by atoms with Gasteiger partial charge in [0.25, 0.3) is 0 Å². The van der Waals surface area contributed by atoms with E-state index in [1.54, 1.807) is 30.3 Å². The first-order valence-electron chi connectivity index (χ1n) is 7.54. The Labute approximate surface area is 153 Å². The minimum Gasteiger partial charge on any atom is -0.457 e. The highest BCUT2D eigenvalue weighted by Gasteiger charge is 2.29. The minimum atomic E-state index is -0.604. The van der Waals surface area contributed by atoms with Crippen LogP contribution < -0.4 is 5.32 Å². The monoisotopic (exact) mass is 375 g/mol. The topological polar surface area (TPSA) is 72.5 Å². The number of halogens is 1. The number of rotatable bonds is 5. The molecule has 25 heavy (non-hydrogen) atoms. The van der Waals surface area contributed by atoms with Crippen molar-refractivity contribution in [1.82, 2.24) is 0 Å². The molecule has 1 N–H and O–H groups in total. The number of esters is 1. The van der Waals surface area contributed by atoms with E-state index in [9.17, 15) is 14.4 Å². The molecule has 0 spiro atoms. The van der Waals surface area contributed by atoms with Crippen LogP contribution in [0.4, 0.5) is 5.69 Å². The first-order valence-corrected chi connectivity index (χ1v) is 8.80. The maximum Gasteiger partial charge on any atom is 0.307 e. The Hall–Kier alpha value is -2.31. The largest absolute Gasteiger partial charge is 0.457 e. The van der Waals surface area contributed by atoms with Crippen molar-refractivity contribution in [2.24, 2.45) is 0 Å². The van der Waals surface area contributed by atoms with Gasteiger partial charge in [0.05, 0.1) is 22.4 Å². The maximum atomic E-state index is 12.1. The summed E-state index contributed by atoms with van der Waals surface area (Å²) in [5, 5.41) is 2.48. The first-order chi connectivity index (χ1) is 12.0. The van der Waals surface area contributed by atoms with Crippen molar-refractivity contribution in [2.45, 2.75) is 16.6 Å². The molecule has 1 aliphatic heterocycles. The highest BCUT2D eigenvalue weighted by atomic mass is 35.5. The zero-order valence-electron chi connectivity index (χ0n) is 13.0. The van der Waals surface area contributed by atoms with E-state index in [0.717, 1.165) is 10.6 Å². The number of thioether (sulfide) groups is 1. The van der Waals surface area contributed by atoms with E-state index in [-0.39, 0.29) is 18.1 Å². The molecule has 0 unspecified atom stereocenters. The molecular formula is C18H14ClNO4S. The van der Waals surface area contributed by atoms with E-state index in [4.69, 9.17) is 16.3 Å². The summed E-state index contributed by atoms with van der Waals surface area (Å²) in [6.07, 6.45) is -0.110. The van der Waals surface area contributed by atoms with E-state index in [1.165, 1.54) is 11.8 Å². The van der Waals surface area contributed by atoms with Gasteiger partial charge >= 0.3 is 5.97 Å². The predicted molar refractivity (Wildman–Crippen MR) is 96.1 cm³/mol. The average Bonchev–Trinajstić information content (AvgIpc) is 2.61.